The molecule has 1 N–H and O–H groups in total. The third-order valence-electron chi connectivity index (χ3n) is 4.42. The van der Waals surface area contributed by atoms with E-state index in [0.717, 1.165) is 0 Å². The lowest BCUT2D eigenvalue weighted by Crippen LogP contribution is -2.38. The molecule has 0 saturated heterocycles. The number of alkyl halides is 2. The zero-order chi connectivity index (χ0) is 18.3. The van der Waals surface area contributed by atoms with Gasteiger partial charge >= 0.3 is 27.3 Å². The first-order chi connectivity index (χ1) is 10.9. The van der Waals surface area contributed by atoms with Crippen LogP contribution in [-0.4, -0.2) is 42.9 Å². The molecule has 2 rings (SSSR count). The van der Waals surface area contributed by atoms with Gasteiger partial charge in [-0.3, -0.25) is 9.35 Å². The van der Waals surface area contributed by atoms with E-state index in [0.29, 0.717) is 19.3 Å². The third kappa shape index (κ3) is 3.75. The highest BCUT2D eigenvalue weighted by Crippen LogP contribution is 2.50. The summed E-state index contributed by atoms with van der Waals surface area (Å²) in [5.74, 6) is -2.56. The van der Waals surface area contributed by atoms with E-state index in [1.165, 1.54) is 6.92 Å². The Bertz CT molecular complexity index is 658. The Morgan fingerprint density at radius 3 is 2.42 bits per heavy atom. The molecule has 0 aromatic heterocycles. The van der Waals surface area contributed by atoms with Crippen molar-refractivity contribution in [1.82, 2.24) is 0 Å². The van der Waals surface area contributed by atoms with Gasteiger partial charge in [0, 0.05) is 11.5 Å². The topological polar surface area (TPSA) is 107 Å². The van der Waals surface area contributed by atoms with E-state index in [2.05, 4.69) is 11.3 Å². The minimum atomic E-state index is -5.66. The average molecular weight is 368 g/mol. The van der Waals surface area contributed by atoms with Crippen LogP contribution in [-0.2, 0) is 29.2 Å². The second-order valence-electron chi connectivity index (χ2n) is 6.29. The second-order valence-corrected chi connectivity index (χ2v) is 7.84. The molecule has 2 fully saturated rings. The Morgan fingerprint density at radius 2 is 1.92 bits per heavy atom. The van der Waals surface area contributed by atoms with Crippen molar-refractivity contribution in [2.45, 2.75) is 37.5 Å². The van der Waals surface area contributed by atoms with Gasteiger partial charge in [0.1, 0.15) is 6.10 Å². The second kappa shape index (κ2) is 6.40. The summed E-state index contributed by atoms with van der Waals surface area (Å²) >= 11 is 0. The van der Waals surface area contributed by atoms with Crippen LogP contribution in [0.2, 0.25) is 0 Å². The van der Waals surface area contributed by atoms with Gasteiger partial charge in [0.15, 0.2) is 6.61 Å². The summed E-state index contributed by atoms with van der Waals surface area (Å²) in [6.07, 6.45) is 1.06. The van der Waals surface area contributed by atoms with Crippen LogP contribution < -0.4 is 0 Å². The van der Waals surface area contributed by atoms with Crippen LogP contribution in [0.4, 0.5) is 8.78 Å². The molecule has 24 heavy (non-hydrogen) atoms. The Hall–Kier alpha value is -1.55. The van der Waals surface area contributed by atoms with Crippen molar-refractivity contribution in [3.05, 3.63) is 12.2 Å². The summed E-state index contributed by atoms with van der Waals surface area (Å²) in [5.41, 5.74) is 0.213. The molecule has 0 aromatic carbocycles. The fourth-order valence-corrected chi connectivity index (χ4v) is 3.48. The van der Waals surface area contributed by atoms with Crippen LogP contribution in [0.3, 0.4) is 0 Å². The van der Waals surface area contributed by atoms with Crippen molar-refractivity contribution >= 4 is 22.1 Å². The van der Waals surface area contributed by atoms with Gasteiger partial charge in [-0.1, -0.05) is 6.58 Å². The third-order valence-corrected chi connectivity index (χ3v) is 5.29. The number of ether oxygens (including phenoxy) is 2. The molecule has 2 saturated carbocycles. The molecule has 4 atom stereocenters. The van der Waals surface area contributed by atoms with E-state index >= 15 is 0 Å². The molecule has 0 spiro atoms. The summed E-state index contributed by atoms with van der Waals surface area (Å²) in [6, 6.07) is 0. The lowest BCUT2D eigenvalue weighted by molar-refractivity contribution is -0.162. The minimum absolute atomic E-state index is 0.109. The molecule has 10 heteroatoms. The van der Waals surface area contributed by atoms with E-state index in [-0.39, 0.29) is 17.4 Å². The molecular formula is C14H18F2O7S. The molecule has 2 aliphatic rings. The van der Waals surface area contributed by atoms with Crippen molar-refractivity contribution in [3.8, 4) is 0 Å². The Balaban J connectivity index is 1.96. The molecule has 0 aliphatic heterocycles. The molecule has 0 aromatic rings. The maximum Gasteiger partial charge on any atom is 0.402 e. The van der Waals surface area contributed by atoms with Crippen molar-refractivity contribution < 1.29 is 40.8 Å². The Morgan fingerprint density at radius 1 is 1.29 bits per heavy atom. The predicted octanol–water partition coefficient (Wildman–Crippen LogP) is 1.54. The maximum absolute atomic E-state index is 13.1. The predicted molar refractivity (Wildman–Crippen MR) is 76.5 cm³/mol. The van der Waals surface area contributed by atoms with Gasteiger partial charge in [0.25, 0.3) is 0 Å². The fourth-order valence-electron chi connectivity index (χ4n) is 3.27. The zero-order valence-electron chi connectivity index (χ0n) is 12.9. The van der Waals surface area contributed by atoms with E-state index in [4.69, 9.17) is 9.29 Å². The molecule has 7 nitrogen and oxygen atoms in total. The summed E-state index contributed by atoms with van der Waals surface area (Å²) in [6.45, 7) is 3.19. The SMILES string of the molecule is C=C(C)C(=O)OC1CC2CC(C(=O)OCC(F)(F)S(=O)(=O)O)C1C2. The van der Waals surface area contributed by atoms with E-state index in [1.807, 2.05) is 0 Å². The van der Waals surface area contributed by atoms with Gasteiger partial charge in [-0.25, -0.2) is 4.79 Å². The van der Waals surface area contributed by atoms with Crippen LogP contribution in [0.5, 0.6) is 0 Å². The molecular weight excluding hydrogens is 350 g/mol. The standard InChI is InChI=1S/C14H18F2O7S/c1-7(2)12(17)23-11-5-8-3-9(11)10(4-8)13(18)22-6-14(15,16)24(19,20)21/h8-11H,1,3-6H2,2H3,(H,19,20,21). The minimum Gasteiger partial charge on any atom is -0.459 e. The molecule has 0 amide bonds. The van der Waals surface area contributed by atoms with Crippen molar-refractivity contribution in [3.63, 3.8) is 0 Å². The van der Waals surface area contributed by atoms with Gasteiger partial charge in [-0.15, -0.1) is 0 Å². The van der Waals surface area contributed by atoms with Crippen molar-refractivity contribution in [2.24, 2.45) is 17.8 Å². The normalized spacial score (nSPS) is 29.3. The largest absolute Gasteiger partial charge is 0.459 e. The van der Waals surface area contributed by atoms with Crippen LogP contribution in [0.25, 0.3) is 0 Å². The number of halogens is 2. The first kappa shape index (κ1) is 18.8. The smallest absolute Gasteiger partial charge is 0.402 e. The zero-order valence-corrected chi connectivity index (χ0v) is 13.7. The summed E-state index contributed by atoms with van der Waals surface area (Å²) < 4.78 is 65.2. The fraction of sp³-hybridized carbons (Fsp3) is 0.714. The summed E-state index contributed by atoms with van der Waals surface area (Å²) in [4.78, 5) is 23.6. The molecule has 136 valence electrons. The number of hydrogen-bond donors (Lipinski definition) is 1. The number of rotatable bonds is 6. The van der Waals surface area contributed by atoms with E-state index < -0.39 is 45.9 Å². The van der Waals surface area contributed by atoms with E-state index in [1.54, 1.807) is 0 Å². The summed E-state index contributed by atoms with van der Waals surface area (Å²) in [7, 11) is -5.66. The van der Waals surface area contributed by atoms with Crippen LogP contribution in [0.1, 0.15) is 26.2 Å². The van der Waals surface area contributed by atoms with Gasteiger partial charge in [-0.05, 0) is 32.1 Å². The molecule has 2 bridgehead atoms. The first-order valence-electron chi connectivity index (χ1n) is 7.30. The van der Waals surface area contributed by atoms with Crippen molar-refractivity contribution in [2.75, 3.05) is 6.61 Å². The number of hydrogen-bond acceptors (Lipinski definition) is 6. The van der Waals surface area contributed by atoms with E-state index in [9.17, 15) is 26.8 Å². The molecule has 2 aliphatic carbocycles. The first-order valence-corrected chi connectivity index (χ1v) is 8.74. The van der Waals surface area contributed by atoms with Crippen LogP contribution >= 0.6 is 0 Å². The maximum atomic E-state index is 13.1. The number of esters is 2. The molecule has 0 radical (unpaired) electrons. The lowest BCUT2D eigenvalue weighted by atomic mass is 9.86. The highest BCUT2D eigenvalue weighted by molar-refractivity contribution is 7.86. The van der Waals surface area contributed by atoms with Crippen LogP contribution in [0, 0.1) is 17.8 Å². The van der Waals surface area contributed by atoms with Gasteiger partial charge in [0.05, 0.1) is 5.92 Å². The molecule has 4 unspecified atom stereocenters. The highest BCUT2D eigenvalue weighted by Gasteiger charge is 2.52. The van der Waals surface area contributed by atoms with Gasteiger partial charge in [0.2, 0.25) is 0 Å². The average Bonchev–Trinajstić information content (AvgIpc) is 3.03. The number of carbonyl (C=O) groups is 2. The lowest BCUT2D eigenvalue weighted by Gasteiger charge is -2.28. The number of carbonyl (C=O) groups excluding carboxylic acids is 2. The quantitative estimate of drug-likeness (QED) is 0.430. The molecule has 0 heterocycles. The van der Waals surface area contributed by atoms with Crippen molar-refractivity contribution in [1.29, 1.82) is 0 Å². The van der Waals surface area contributed by atoms with Gasteiger partial charge in [-0.2, -0.15) is 17.2 Å². The van der Waals surface area contributed by atoms with Crippen LogP contribution in [0.15, 0.2) is 12.2 Å². The monoisotopic (exact) mass is 368 g/mol. The highest BCUT2D eigenvalue weighted by atomic mass is 32.2. The van der Waals surface area contributed by atoms with Gasteiger partial charge < -0.3 is 9.47 Å². The Labute approximate surface area is 137 Å². The number of fused-ring (bicyclic) bond motifs is 2. The Kier molecular flexibility index (Phi) is 5.01. The summed E-state index contributed by atoms with van der Waals surface area (Å²) in [5, 5.41) is -4.56.